The molecule has 2 rings (SSSR count). The molecule has 1 atom stereocenters. The Balaban J connectivity index is 2.05. The second-order valence-corrected chi connectivity index (χ2v) is 6.15. The summed E-state index contributed by atoms with van der Waals surface area (Å²) in [5.74, 6) is 0.644. The molecule has 1 aromatic carbocycles. The van der Waals surface area contributed by atoms with Crippen LogP contribution in [0.1, 0.15) is 37.4 Å². The molecule has 8 heteroatoms. The third kappa shape index (κ3) is 6.24. The molecule has 28 heavy (non-hydrogen) atoms. The topological polar surface area (TPSA) is 128 Å². The van der Waals surface area contributed by atoms with Crippen LogP contribution in [0.2, 0.25) is 0 Å². The Morgan fingerprint density at radius 1 is 1.29 bits per heavy atom. The monoisotopic (exact) mass is 384 g/mol. The van der Waals surface area contributed by atoms with Gasteiger partial charge in [0.2, 0.25) is 0 Å². The van der Waals surface area contributed by atoms with Crippen LogP contribution in [0.3, 0.4) is 0 Å². The van der Waals surface area contributed by atoms with E-state index in [2.05, 4.69) is 20.6 Å². The van der Waals surface area contributed by atoms with Gasteiger partial charge in [-0.1, -0.05) is 37.3 Å². The van der Waals surface area contributed by atoms with E-state index in [1.807, 2.05) is 44.2 Å². The molecule has 150 valence electrons. The summed E-state index contributed by atoms with van der Waals surface area (Å²) in [4.78, 5) is 20.8. The first-order chi connectivity index (χ1) is 13.5. The lowest BCUT2D eigenvalue weighted by atomic mass is 10.1. The molecule has 6 N–H and O–H groups in total. The van der Waals surface area contributed by atoms with Gasteiger partial charge in [0.1, 0.15) is 11.7 Å². The lowest BCUT2D eigenvalue weighted by molar-refractivity contribution is 0.114. The van der Waals surface area contributed by atoms with Gasteiger partial charge in [-0.25, -0.2) is 9.78 Å². The highest BCUT2D eigenvalue weighted by Crippen LogP contribution is 2.16. The number of nitrogens with two attached hydrogens (primary N) is 2. The van der Waals surface area contributed by atoms with Crippen LogP contribution >= 0.6 is 0 Å². The third-order valence-corrected chi connectivity index (χ3v) is 3.92. The number of aliphatic imine (C=N–C) groups is 1. The highest BCUT2D eigenvalue weighted by molar-refractivity contribution is 6.02. The van der Waals surface area contributed by atoms with Crippen molar-refractivity contribution in [2.45, 2.75) is 26.3 Å². The largest absolute Gasteiger partial charge is 0.398 e. The molecule has 1 aromatic heterocycles. The SMILES string of the molecule is CCCOC[C@@H](NC(=O)Nc1cc(N)c(C(N)=NCC)cn1)c1ccccc1. The summed E-state index contributed by atoms with van der Waals surface area (Å²) >= 11 is 0. The van der Waals surface area contributed by atoms with Crippen molar-refractivity contribution in [3.05, 3.63) is 53.7 Å². The van der Waals surface area contributed by atoms with E-state index >= 15 is 0 Å². The summed E-state index contributed by atoms with van der Waals surface area (Å²) in [5.41, 5.74) is 13.8. The Labute approximate surface area is 165 Å². The molecule has 1 heterocycles. The smallest absolute Gasteiger partial charge is 0.320 e. The van der Waals surface area contributed by atoms with Gasteiger partial charge in [-0.2, -0.15) is 0 Å². The summed E-state index contributed by atoms with van der Waals surface area (Å²) < 4.78 is 5.63. The van der Waals surface area contributed by atoms with Crippen LogP contribution in [0, 0.1) is 0 Å². The van der Waals surface area contributed by atoms with Crippen molar-refractivity contribution in [2.24, 2.45) is 10.7 Å². The first-order valence-corrected chi connectivity index (χ1v) is 9.31. The van der Waals surface area contributed by atoms with Gasteiger partial charge in [0.25, 0.3) is 0 Å². The number of ether oxygens (including phenoxy) is 1. The van der Waals surface area contributed by atoms with E-state index in [0.717, 1.165) is 12.0 Å². The Bertz CT molecular complexity index is 795. The number of nitrogen functional groups attached to an aromatic ring is 1. The highest BCUT2D eigenvalue weighted by Gasteiger charge is 2.16. The Kier molecular flexibility index (Phi) is 8.23. The second-order valence-electron chi connectivity index (χ2n) is 6.15. The molecule has 0 aliphatic heterocycles. The molecule has 0 aliphatic carbocycles. The van der Waals surface area contributed by atoms with Gasteiger partial charge >= 0.3 is 6.03 Å². The number of pyridine rings is 1. The second kappa shape index (κ2) is 10.9. The van der Waals surface area contributed by atoms with E-state index in [1.165, 1.54) is 6.20 Å². The maximum Gasteiger partial charge on any atom is 0.320 e. The minimum atomic E-state index is -0.399. The zero-order chi connectivity index (χ0) is 20.4. The molecule has 0 fully saturated rings. The van der Waals surface area contributed by atoms with E-state index in [-0.39, 0.29) is 6.04 Å². The predicted octanol–water partition coefficient (Wildman–Crippen LogP) is 2.68. The zero-order valence-corrected chi connectivity index (χ0v) is 16.3. The number of carbonyl (C=O) groups is 1. The summed E-state index contributed by atoms with van der Waals surface area (Å²) in [5, 5.41) is 5.61. The quantitative estimate of drug-likeness (QED) is 0.300. The molecule has 2 aromatic rings. The summed E-state index contributed by atoms with van der Waals surface area (Å²) in [6, 6.07) is 10.5. The first kappa shape index (κ1) is 21.2. The number of nitrogens with one attached hydrogen (secondary N) is 2. The van der Waals surface area contributed by atoms with Crippen molar-refractivity contribution in [3.8, 4) is 0 Å². The van der Waals surface area contributed by atoms with Crippen LogP contribution in [0.5, 0.6) is 0 Å². The molecule has 0 saturated heterocycles. The predicted molar refractivity (Wildman–Crippen MR) is 112 cm³/mol. The molecule has 0 radical (unpaired) electrons. The minimum Gasteiger partial charge on any atom is -0.398 e. The first-order valence-electron chi connectivity index (χ1n) is 9.31. The fraction of sp³-hybridized carbons (Fsp3) is 0.350. The van der Waals surface area contributed by atoms with Crippen molar-refractivity contribution < 1.29 is 9.53 Å². The number of nitrogens with zero attached hydrogens (tertiary/aromatic N) is 2. The van der Waals surface area contributed by atoms with E-state index < -0.39 is 6.03 Å². The molecule has 2 amide bonds. The lowest BCUT2D eigenvalue weighted by Crippen LogP contribution is -2.35. The standard InChI is InChI=1S/C20H28N6O2/c1-3-10-28-13-17(14-8-6-5-7-9-14)25-20(27)26-18-11-16(21)15(12-24-18)19(22)23-4-2/h5-9,11-12,17H,3-4,10,13H2,1-2H3,(H2,22,23)(H4,21,24,25,26,27)/t17-/m1/s1. The number of rotatable bonds is 9. The normalized spacial score (nSPS) is 12.4. The molecule has 0 bridgehead atoms. The fourth-order valence-corrected chi connectivity index (χ4v) is 2.57. The average molecular weight is 384 g/mol. The van der Waals surface area contributed by atoms with Crippen LogP contribution in [-0.4, -0.2) is 36.6 Å². The van der Waals surface area contributed by atoms with Crippen molar-refractivity contribution in [1.82, 2.24) is 10.3 Å². The molecule has 0 spiro atoms. The number of benzene rings is 1. The number of aromatic nitrogens is 1. The number of amides is 2. The summed E-state index contributed by atoms with van der Waals surface area (Å²) in [6.45, 7) is 5.48. The Morgan fingerprint density at radius 3 is 2.68 bits per heavy atom. The van der Waals surface area contributed by atoms with Gasteiger partial charge in [0.15, 0.2) is 0 Å². The minimum absolute atomic E-state index is 0.281. The molecule has 0 unspecified atom stereocenters. The third-order valence-electron chi connectivity index (χ3n) is 3.92. The van der Waals surface area contributed by atoms with Crippen LogP contribution < -0.4 is 22.1 Å². The zero-order valence-electron chi connectivity index (χ0n) is 16.3. The van der Waals surface area contributed by atoms with Gasteiger partial charge in [-0.05, 0) is 18.9 Å². The van der Waals surface area contributed by atoms with E-state index in [1.54, 1.807) is 6.07 Å². The van der Waals surface area contributed by atoms with E-state index in [9.17, 15) is 4.79 Å². The molecular weight excluding hydrogens is 356 g/mol. The van der Waals surface area contributed by atoms with Gasteiger partial charge in [0, 0.05) is 31.1 Å². The molecule has 0 saturated carbocycles. The number of amidine groups is 1. The summed E-state index contributed by atoms with van der Waals surface area (Å²) in [6.07, 6.45) is 2.41. The number of hydrogen-bond donors (Lipinski definition) is 4. The molecule has 0 aliphatic rings. The van der Waals surface area contributed by atoms with Gasteiger partial charge < -0.3 is 21.5 Å². The van der Waals surface area contributed by atoms with Crippen LogP contribution in [-0.2, 0) is 4.74 Å². The van der Waals surface area contributed by atoms with E-state index in [4.69, 9.17) is 16.2 Å². The van der Waals surface area contributed by atoms with Gasteiger partial charge in [-0.15, -0.1) is 0 Å². The highest BCUT2D eigenvalue weighted by atomic mass is 16.5. The Morgan fingerprint density at radius 2 is 2.04 bits per heavy atom. The lowest BCUT2D eigenvalue weighted by Gasteiger charge is -2.19. The van der Waals surface area contributed by atoms with Crippen molar-refractivity contribution >= 4 is 23.4 Å². The fourth-order valence-electron chi connectivity index (χ4n) is 2.57. The van der Waals surface area contributed by atoms with Crippen molar-refractivity contribution in [2.75, 3.05) is 30.8 Å². The van der Waals surface area contributed by atoms with Crippen LogP contribution in [0.4, 0.5) is 16.3 Å². The number of carbonyl (C=O) groups excluding carboxylic acids is 1. The van der Waals surface area contributed by atoms with E-state index in [0.29, 0.717) is 42.7 Å². The Hall–Kier alpha value is -3.13. The van der Waals surface area contributed by atoms with Crippen LogP contribution in [0.15, 0.2) is 47.6 Å². The van der Waals surface area contributed by atoms with Crippen LogP contribution in [0.25, 0.3) is 0 Å². The van der Waals surface area contributed by atoms with Crippen molar-refractivity contribution in [1.29, 1.82) is 0 Å². The number of anilines is 2. The number of hydrogen-bond acceptors (Lipinski definition) is 5. The molecule has 8 nitrogen and oxygen atoms in total. The van der Waals surface area contributed by atoms with Crippen molar-refractivity contribution in [3.63, 3.8) is 0 Å². The maximum absolute atomic E-state index is 12.5. The molecular formula is C20H28N6O2. The number of urea groups is 1. The van der Waals surface area contributed by atoms with Gasteiger partial charge in [0.05, 0.1) is 18.2 Å². The maximum atomic E-state index is 12.5. The average Bonchev–Trinajstić information content (AvgIpc) is 2.68. The van der Waals surface area contributed by atoms with Gasteiger partial charge in [-0.3, -0.25) is 10.3 Å². The summed E-state index contributed by atoms with van der Waals surface area (Å²) in [7, 11) is 0.